The van der Waals surface area contributed by atoms with Crippen molar-refractivity contribution in [2.24, 2.45) is 0 Å². The molecule has 4 nitrogen and oxygen atoms in total. The van der Waals surface area contributed by atoms with Crippen LogP contribution in [0.2, 0.25) is 0 Å². The van der Waals surface area contributed by atoms with Crippen LogP contribution in [0.15, 0.2) is 85.2 Å². The zero-order chi connectivity index (χ0) is 19.6. The molecule has 4 heteroatoms. The lowest BCUT2D eigenvalue weighted by atomic mass is 10.2. The van der Waals surface area contributed by atoms with Crippen molar-refractivity contribution in [1.82, 2.24) is 9.88 Å². The smallest absolute Gasteiger partial charge is 0.246 e. The molecule has 1 aromatic heterocycles. The first-order valence-electron chi connectivity index (χ1n) is 9.29. The molecular formula is C24H24N2O2. The lowest BCUT2D eigenvalue weighted by molar-refractivity contribution is -0.124. The molecule has 142 valence electrons. The molecule has 0 radical (unpaired) electrons. The van der Waals surface area contributed by atoms with Crippen molar-refractivity contribution in [3.63, 3.8) is 0 Å². The van der Waals surface area contributed by atoms with E-state index >= 15 is 0 Å². The Kier molecular flexibility index (Phi) is 6.96. The van der Waals surface area contributed by atoms with Crippen molar-refractivity contribution in [1.29, 1.82) is 0 Å². The number of ether oxygens (including phenoxy) is 1. The number of nitrogens with zero attached hydrogens (tertiary/aromatic N) is 2. The molecule has 0 unspecified atom stereocenters. The highest BCUT2D eigenvalue weighted by Gasteiger charge is 2.05. The van der Waals surface area contributed by atoms with Gasteiger partial charge in [0.05, 0.1) is 0 Å². The van der Waals surface area contributed by atoms with Crippen LogP contribution in [0.1, 0.15) is 16.7 Å². The molecule has 0 spiro atoms. The number of pyridine rings is 1. The number of hydrogen-bond acceptors (Lipinski definition) is 3. The molecular weight excluding hydrogens is 348 g/mol. The summed E-state index contributed by atoms with van der Waals surface area (Å²) in [5, 5.41) is 0. The van der Waals surface area contributed by atoms with E-state index in [0.717, 1.165) is 23.3 Å². The number of likely N-dealkylation sites (N-methyl/N-ethyl adjacent to an activating group) is 1. The highest BCUT2D eigenvalue weighted by atomic mass is 16.5. The van der Waals surface area contributed by atoms with Gasteiger partial charge in [0.25, 0.3) is 0 Å². The minimum atomic E-state index is -0.0235. The summed E-state index contributed by atoms with van der Waals surface area (Å²) in [6, 6.07) is 21.7. The Bertz CT molecular complexity index is 908. The number of carbonyl (C=O) groups excluding carboxylic acids is 1. The first-order valence-corrected chi connectivity index (χ1v) is 9.29. The average Bonchev–Trinajstić information content (AvgIpc) is 2.76. The van der Waals surface area contributed by atoms with Crippen LogP contribution in [0.3, 0.4) is 0 Å². The maximum absolute atomic E-state index is 12.3. The van der Waals surface area contributed by atoms with Crippen molar-refractivity contribution in [2.75, 3.05) is 13.6 Å². The number of amides is 1. The van der Waals surface area contributed by atoms with Crippen molar-refractivity contribution in [3.05, 3.63) is 102 Å². The molecule has 0 bridgehead atoms. The van der Waals surface area contributed by atoms with Gasteiger partial charge in [0.1, 0.15) is 12.4 Å². The third kappa shape index (κ3) is 6.09. The quantitative estimate of drug-likeness (QED) is 0.551. The van der Waals surface area contributed by atoms with E-state index in [1.165, 1.54) is 5.56 Å². The van der Waals surface area contributed by atoms with Gasteiger partial charge in [-0.05, 0) is 53.5 Å². The highest BCUT2D eigenvalue weighted by molar-refractivity contribution is 5.91. The third-order valence-corrected chi connectivity index (χ3v) is 4.39. The maximum Gasteiger partial charge on any atom is 0.246 e. The molecule has 0 saturated carbocycles. The monoisotopic (exact) mass is 372 g/mol. The molecule has 0 aliphatic rings. The molecule has 0 atom stereocenters. The Balaban J connectivity index is 1.52. The number of hydrogen-bond donors (Lipinski definition) is 0. The van der Waals surface area contributed by atoms with Crippen LogP contribution >= 0.6 is 0 Å². The van der Waals surface area contributed by atoms with Gasteiger partial charge in [-0.2, -0.15) is 0 Å². The summed E-state index contributed by atoms with van der Waals surface area (Å²) in [6.45, 7) is 1.18. The van der Waals surface area contributed by atoms with Gasteiger partial charge in [-0.25, -0.2) is 0 Å². The summed E-state index contributed by atoms with van der Waals surface area (Å²) in [6.07, 6.45) is 7.76. The van der Waals surface area contributed by atoms with E-state index in [1.807, 2.05) is 79.9 Å². The summed E-state index contributed by atoms with van der Waals surface area (Å²) in [4.78, 5) is 18.0. The van der Waals surface area contributed by atoms with Crippen LogP contribution in [-0.4, -0.2) is 29.4 Å². The predicted octanol–water partition coefficient (Wildman–Crippen LogP) is 4.37. The maximum atomic E-state index is 12.3. The van der Waals surface area contributed by atoms with Crippen molar-refractivity contribution < 1.29 is 9.53 Å². The van der Waals surface area contributed by atoms with Gasteiger partial charge in [-0.1, -0.05) is 42.5 Å². The van der Waals surface area contributed by atoms with Gasteiger partial charge >= 0.3 is 0 Å². The fourth-order valence-corrected chi connectivity index (χ4v) is 2.70. The normalized spacial score (nSPS) is 10.8. The summed E-state index contributed by atoms with van der Waals surface area (Å²) in [7, 11) is 1.81. The zero-order valence-electron chi connectivity index (χ0n) is 16.0. The number of rotatable bonds is 8. The second kappa shape index (κ2) is 10.1. The number of carbonyl (C=O) groups is 1. The van der Waals surface area contributed by atoms with E-state index in [9.17, 15) is 4.79 Å². The summed E-state index contributed by atoms with van der Waals surface area (Å²) >= 11 is 0. The van der Waals surface area contributed by atoms with Crippen molar-refractivity contribution in [2.45, 2.75) is 13.0 Å². The largest absolute Gasteiger partial charge is 0.489 e. The van der Waals surface area contributed by atoms with Crippen LogP contribution in [0.5, 0.6) is 5.75 Å². The fraction of sp³-hybridized carbons (Fsp3) is 0.167. The topological polar surface area (TPSA) is 42.4 Å². The summed E-state index contributed by atoms with van der Waals surface area (Å²) in [5.41, 5.74) is 3.22. The minimum absolute atomic E-state index is 0.0235. The lowest BCUT2D eigenvalue weighted by Crippen LogP contribution is -2.27. The molecule has 1 amide bonds. The van der Waals surface area contributed by atoms with Gasteiger partial charge in [0.2, 0.25) is 5.91 Å². The predicted molar refractivity (Wildman–Crippen MR) is 112 cm³/mol. The number of benzene rings is 2. The van der Waals surface area contributed by atoms with Crippen LogP contribution < -0.4 is 4.74 Å². The first kappa shape index (κ1) is 19.4. The fourth-order valence-electron chi connectivity index (χ4n) is 2.70. The summed E-state index contributed by atoms with van der Waals surface area (Å²) in [5.74, 6) is 0.758. The molecule has 0 fully saturated rings. The molecule has 3 rings (SSSR count). The van der Waals surface area contributed by atoms with Gasteiger partial charge in [0, 0.05) is 32.1 Å². The standard InChI is InChI=1S/C24H24N2O2/c1-26(17-14-20-12-15-25-16-13-20)24(27)11-10-21-8-5-9-23(18-21)28-19-22-6-3-2-4-7-22/h2-13,15-16,18H,14,17,19H2,1H3/b11-10+. The van der Waals surface area contributed by atoms with Crippen LogP contribution in [0.25, 0.3) is 6.08 Å². The van der Waals surface area contributed by atoms with Crippen LogP contribution in [0, 0.1) is 0 Å². The number of aromatic nitrogens is 1. The Morgan fingerprint density at radius 1 is 1.00 bits per heavy atom. The zero-order valence-corrected chi connectivity index (χ0v) is 16.0. The lowest BCUT2D eigenvalue weighted by Gasteiger charge is -2.14. The molecule has 2 aromatic carbocycles. The Morgan fingerprint density at radius 2 is 1.79 bits per heavy atom. The van der Waals surface area contributed by atoms with E-state index < -0.39 is 0 Å². The molecule has 0 aliphatic carbocycles. The minimum Gasteiger partial charge on any atom is -0.489 e. The van der Waals surface area contributed by atoms with E-state index in [-0.39, 0.29) is 5.91 Å². The highest BCUT2D eigenvalue weighted by Crippen LogP contribution is 2.16. The van der Waals surface area contributed by atoms with E-state index in [2.05, 4.69) is 4.98 Å². The molecule has 0 saturated heterocycles. The molecule has 28 heavy (non-hydrogen) atoms. The summed E-state index contributed by atoms with van der Waals surface area (Å²) < 4.78 is 5.84. The van der Waals surface area contributed by atoms with Crippen LogP contribution in [0.4, 0.5) is 0 Å². The first-order chi connectivity index (χ1) is 13.7. The van der Waals surface area contributed by atoms with E-state index in [1.54, 1.807) is 23.4 Å². The van der Waals surface area contributed by atoms with Gasteiger partial charge < -0.3 is 9.64 Å². The average molecular weight is 372 g/mol. The molecule has 0 aliphatic heterocycles. The molecule has 0 N–H and O–H groups in total. The second-order valence-corrected chi connectivity index (χ2v) is 6.55. The Morgan fingerprint density at radius 3 is 2.57 bits per heavy atom. The molecule has 3 aromatic rings. The van der Waals surface area contributed by atoms with Crippen molar-refractivity contribution in [3.8, 4) is 5.75 Å². The van der Waals surface area contributed by atoms with Gasteiger partial charge in [-0.15, -0.1) is 0 Å². The SMILES string of the molecule is CN(CCc1ccncc1)C(=O)/C=C/c1cccc(OCc2ccccc2)c1. The van der Waals surface area contributed by atoms with E-state index in [4.69, 9.17) is 4.74 Å². The molecule has 1 heterocycles. The second-order valence-electron chi connectivity index (χ2n) is 6.55. The van der Waals surface area contributed by atoms with Crippen molar-refractivity contribution >= 4 is 12.0 Å². The van der Waals surface area contributed by atoms with Gasteiger partial charge in [-0.3, -0.25) is 9.78 Å². The Hall–Kier alpha value is -3.40. The Labute approximate surface area is 166 Å². The van der Waals surface area contributed by atoms with Gasteiger partial charge in [0.15, 0.2) is 0 Å². The van der Waals surface area contributed by atoms with E-state index in [0.29, 0.717) is 13.2 Å². The van der Waals surface area contributed by atoms with Crippen LogP contribution in [-0.2, 0) is 17.8 Å². The third-order valence-electron chi connectivity index (χ3n) is 4.39.